The van der Waals surface area contributed by atoms with Crippen molar-refractivity contribution in [1.29, 1.82) is 0 Å². The van der Waals surface area contributed by atoms with E-state index in [0.717, 1.165) is 38.5 Å². The highest BCUT2D eigenvalue weighted by atomic mass is 19.1. The molecule has 3 amide bonds. The van der Waals surface area contributed by atoms with Crippen LogP contribution < -0.4 is 10.6 Å². The fraction of sp³-hybridized carbons (Fsp3) is 0.552. The zero-order valence-electron chi connectivity index (χ0n) is 21.8. The number of H-pyrrole nitrogens is 1. The van der Waals surface area contributed by atoms with Gasteiger partial charge in [0.1, 0.15) is 23.3 Å². The zero-order valence-corrected chi connectivity index (χ0v) is 21.8. The molecular formula is C29H33FN4O5. The van der Waals surface area contributed by atoms with Gasteiger partial charge in [-0.25, -0.2) is 4.39 Å². The number of ketones is 2. The number of Topliss-reactive ketones (excluding diaryl/α,β-unsaturated/α-hetero) is 2. The molecule has 3 atom stereocenters. The smallest absolute Gasteiger partial charge is 0.289 e. The Hall–Kier alpha value is -3.56. The second kappa shape index (κ2) is 9.88. The van der Waals surface area contributed by atoms with Crippen LogP contribution in [0.3, 0.4) is 0 Å². The Morgan fingerprint density at radius 2 is 1.90 bits per heavy atom. The Kier molecular flexibility index (Phi) is 6.51. The molecule has 3 N–H and O–H groups in total. The van der Waals surface area contributed by atoms with Crippen molar-refractivity contribution >= 4 is 40.2 Å². The summed E-state index contributed by atoms with van der Waals surface area (Å²) in [4.78, 5) is 70.1. The number of carbonyl (C=O) groups is 5. The molecule has 4 fully saturated rings. The highest BCUT2D eigenvalue weighted by Crippen LogP contribution is 2.55. The topological polar surface area (TPSA) is 128 Å². The van der Waals surface area contributed by atoms with Gasteiger partial charge in [0.05, 0.1) is 6.04 Å². The van der Waals surface area contributed by atoms with E-state index in [0.29, 0.717) is 36.7 Å². The van der Waals surface area contributed by atoms with Crippen molar-refractivity contribution < 1.29 is 28.4 Å². The summed E-state index contributed by atoms with van der Waals surface area (Å²) in [6.45, 7) is 0.378. The standard InChI is InChI=1S/C29H33FN4O5/c30-18-4-7-20-17(12-18)14-22(32-20)28(39)34-11-10-29(8-9-29)15-23(34)26(37)33-21(13-16-2-1-3-24(16)35)25(36)27(38)31-19-5-6-19/h4,7,12,14,16,19,21,23,32H,1-3,5-6,8-11,13,15H2,(H,31,38)(H,33,37)/t16-,21-,23-/m0/s1. The fourth-order valence-corrected chi connectivity index (χ4v) is 6.18. The minimum Gasteiger partial charge on any atom is -0.351 e. The van der Waals surface area contributed by atoms with E-state index in [2.05, 4.69) is 15.6 Å². The summed E-state index contributed by atoms with van der Waals surface area (Å²) >= 11 is 0. The third-order valence-electron chi connectivity index (χ3n) is 8.94. The van der Waals surface area contributed by atoms with Gasteiger partial charge in [0, 0.05) is 35.8 Å². The molecule has 206 valence electrons. The molecule has 2 aromatic rings. The number of nitrogens with one attached hydrogen (secondary N) is 3. The molecular weight excluding hydrogens is 503 g/mol. The molecule has 1 aliphatic heterocycles. The van der Waals surface area contributed by atoms with Gasteiger partial charge in [0.25, 0.3) is 11.8 Å². The number of nitrogens with zero attached hydrogens (tertiary/aromatic N) is 1. The van der Waals surface area contributed by atoms with E-state index < -0.39 is 35.5 Å². The number of piperidine rings is 1. The first-order valence-electron chi connectivity index (χ1n) is 14.0. The molecule has 6 rings (SSSR count). The van der Waals surface area contributed by atoms with E-state index in [1.807, 2.05) is 0 Å². The maximum absolute atomic E-state index is 13.8. The van der Waals surface area contributed by atoms with Crippen molar-refractivity contribution in [3.63, 3.8) is 0 Å². The van der Waals surface area contributed by atoms with Crippen LogP contribution >= 0.6 is 0 Å². The Morgan fingerprint density at radius 1 is 1.10 bits per heavy atom. The number of hydrogen-bond donors (Lipinski definition) is 3. The quantitative estimate of drug-likeness (QED) is 0.447. The number of hydrogen-bond acceptors (Lipinski definition) is 5. The van der Waals surface area contributed by atoms with Gasteiger partial charge < -0.3 is 20.5 Å². The predicted octanol–water partition coefficient (Wildman–Crippen LogP) is 2.78. The lowest BCUT2D eigenvalue weighted by atomic mass is 9.86. The molecule has 0 radical (unpaired) electrons. The van der Waals surface area contributed by atoms with Crippen LogP contribution in [0.1, 0.15) is 74.7 Å². The van der Waals surface area contributed by atoms with Gasteiger partial charge in [-0.15, -0.1) is 0 Å². The van der Waals surface area contributed by atoms with Crippen molar-refractivity contribution in [2.45, 2.75) is 82.3 Å². The van der Waals surface area contributed by atoms with Gasteiger partial charge in [0.15, 0.2) is 0 Å². The number of amides is 3. The summed E-state index contributed by atoms with van der Waals surface area (Å²) in [5.41, 5.74) is 0.880. The Bertz CT molecular complexity index is 1360. The van der Waals surface area contributed by atoms with Crippen LogP contribution in [-0.4, -0.2) is 63.8 Å². The molecule has 39 heavy (non-hydrogen) atoms. The molecule has 9 nitrogen and oxygen atoms in total. The monoisotopic (exact) mass is 536 g/mol. The van der Waals surface area contributed by atoms with Crippen LogP contribution in [0.4, 0.5) is 4.39 Å². The molecule has 4 aliphatic rings. The minimum atomic E-state index is -1.13. The molecule has 2 heterocycles. The molecule has 10 heteroatoms. The predicted molar refractivity (Wildman–Crippen MR) is 139 cm³/mol. The summed E-state index contributed by atoms with van der Waals surface area (Å²) in [6, 6.07) is 3.83. The molecule has 0 bridgehead atoms. The number of aromatic nitrogens is 1. The lowest BCUT2D eigenvalue weighted by Crippen LogP contribution is -2.58. The van der Waals surface area contributed by atoms with Crippen LogP contribution in [-0.2, 0) is 19.2 Å². The first kappa shape index (κ1) is 25.7. The SMILES string of the molecule is O=C(NC1CC1)C(=O)[C@H](C[C@@H]1CCCC1=O)NC(=O)[C@@H]1CC2(CCN1C(=O)c1cc3cc(F)ccc3[nH]1)CC2. The van der Waals surface area contributed by atoms with E-state index in [1.165, 1.54) is 17.0 Å². The Labute approximate surface area is 225 Å². The summed E-state index contributed by atoms with van der Waals surface area (Å²) in [6.07, 6.45) is 6.72. The summed E-state index contributed by atoms with van der Waals surface area (Å²) in [5.74, 6) is -3.09. The lowest BCUT2D eigenvalue weighted by molar-refractivity contribution is -0.141. The van der Waals surface area contributed by atoms with Gasteiger partial charge in [0.2, 0.25) is 11.7 Å². The zero-order chi connectivity index (χ0) is 27.3. The highest BCUT2D eigenvalue weighted by molar-refractivity contribution is 6.38. The third kappa shape index (κ3) is 5.33. The Balaban J connectivity index is 1.23. The number of halogens is 1. The van der Waals surface area contributed by atoms with E-state index in [-0.39, 0.29) is 41.2 Å². The van der Waals surface area contributed by atoms with Gasteiger partial charge in [-0.1, -0.05) is 0 Å². The van der Waals surface area contributed by atoms with Crippen molar-refractivity contribution in [1.82, 2.24) is 20.5 Å². The number of likely N-dealkylation sites (tertiary alicyclic amines) is 1. The fourth-order valence-electron chi connectivity index (χ4n) is 6.18. The second-order valence-electron chi connectivity index (χ2n) is 11.8. The first-order chi connectivity index (χ1) is 18.7. The average Bonchev–Trinajstić information content (AvgIpc) is 3.80. The summed E-state index contributed by atoms with van der Waals surface area (Å²) in [5, 5.41) is 6.04. The van der Waals surface area contributed by atoms with Crippen LogP contribution in [0.25, 0.3) is 10.9 Å². The number of benzene rings is 1. The normalized spacial score (nSPS) is 24.5. The maximum Gasteiger partial charge on any atom is 0.289 e. The van der Waals surface area contributed by atoms with Crippen LogP contribution in [0.5, 0.6) is 0 Å². The Morgan fingerprint density at radius 3 is 2.59 bits per heavy atom. The van der Waals surface area contributed by atoms with Crippen LogP contribution in [0, 0.1) is 17.2 Å². The number of aromatic amines is 1. The molecule has 1 spiro atoms. The summed E-state index contributed by atoms with van der Waals surface area (Å²) < 4.78 is 13.7. The molecule has 1 aromatic heterocycles. The number of carbonyl (C=O) groups excluding carboxylic acids is 5. The van der Waals surface area contributed by atoms with E-state index in [4.69, 9.17) is 0 Å². The molecule has 0 unspecified atom stereocenters. The number of rotatable bonds is 8. The van der Waals surface area contributed by atoms with Gasteiger partial charge in [-0.2, -0.15) is 0 Å². The lowest BCUT2D eigenvalue weighted by Gasteiger charge is -2.39. The highest BCUT2D eigenvalue weighted by Gasteiger charge is 2.51. The molecule has 1 saturated heterocycles. The second-order valence-corrected chi connectivity index (χ2v) is 11.8. The molecule has 3 saturated carbocycles. The van der Waals surface area contributed by atoms with Gasteiger partial charge in [-0.3, -0.25) is 24.0 Å². The summed E-state index contributed by atoms with van der Waals surface area (Å²) in [7, 11) is 0. The molecule has 3 aliphatic carbocycles. The van der Waals surface area contributed by atoms with Crippen molar-refractivity contribution in [3.8, 4) is 0 Å². The van der Waals surface area contributed by atoms with E-state index >= 15 is 0 Å². The van der Waals surface area contributed by atoms with Crippen molar-refractivity contribution in [3.05, 3.63) is 35.8 Å². The third-order valence-corrected chi connectivity index (χ3v) is 8.94. The van der Waals surface area contributed by atoms with Gasteiger partial charge in [-0.05, 0) is 87.5 Å². The van der Waals surface area contributed by atoms with E-state index in [9.17, 15) is 28.4 Å². The maximum atomic E-state index is 13.8. The van der Waals surface area contributed by atoms with Crippen LogP contribution in [0.2, 0.25) is 0 Å². The molecule has 1 aromatic carbocycles. The van der Waals surface area contributed by atoms with Crippen LogP contribution in [0.15, 0.2) is 24.3 Å². The van der Waals surface area contributed by atoms with Crippen molar-refractivity contribution in [2.24, 2.45) is 11.3 Å². The van der Waals surface area contributed by atoms with Crippen molar-refractivity contribution in [2.75, 3.05) is 6.54 Å². The largest absolute Gasteiger partial charge is 0.351 e. The first-order valence-corrected chi connectivity index (χ1v) is 14.0. The van der Waals surface area contributed by atoms with E-state index in [1.54, 1.807) is 12.1 Å². The van der Waals surface area contributed by atoms with Gasteiger partial charge >= 0.3 is 0 Å². The average molecular weight is 537 g/mol. The number of fused-ring (bicyclic) bond motifs is 1. The minimum absolute atomic E-state index is 0.00658.